The summed E-state index contributed by atoms with van der Waals surface area (Å²) in [6.07, 6.45) is 0. The Hall–Kier alpha value is -2.10. The smallest absolute Gasteiger partial charge is 0.259 e. The summed E-state index contributed by atoms with van der Waals surface area (Å²) < 4.78 is 1.52. The van der Waals surface area contributed by atoms with Gasteiger partial charge in [-0.2, -0.15) is 0 Å². The summed E-state index contributed by atoms with van der Waals surface area (Å²) >= 11 is 12.1. The van der Waals surface area contributed by atoms with Crippen LogP contribution in [0.5, 0.6) is 0 Å². The molecule has 0 N–H and O–H groups in total. The van der Waals surface area contributed by atoms with Crippen LogP contribution in [0.2, 0.25) is 10.0 Å². The van der Waals surface area contributed by atoms with Gasteiger partial charge in [0.1, 0.15) is 5.82 Å². The third-order valence-electron chi connectivity index (χ3n) is 3.30. The summed E-state index contributed by atoms with van der Waals surface area (Å²) in [4.78, 5) is 17.1. The highest BCUT2D eigenvalue weighted by Gasteiger charge is 2.19. The van der Waals surface area contributed by atoms with Crippen molar-refractivity contribution >= 4 is 40.1 Å². The molecule has 0 aliphatic rings. The van der Waals surface area contributed by atoms with E-state index < -0.39 is 0 Å². The van der Waals surface area contributed by atoms with Gasteiger partial charge in [0.15, 0.2) is 0 Å². The standard InChI is InChI=1S/C17H12Cl2N2O/c1-10(2)17(22)21-15-9-13(19)12(18)8-14(15)20-16(21)11-6-4-3-5-7-11/h3-9H,1H2,2H3. The largest absolute Gasteiger partial charge is 0.269 e. The molecule has 0 spiro atoms. The molecule has 1 aromatic heterocycles. The highest BCUT2D eigenvalue weighted by Crippen LogP contribution is 2.31. The molecule has 0 fully saturated rings. The Morgan fingerprint density at radius 3 is 2.41 bits per heavy atom. The Labute approximate surface area is 137 Å². The summed E-state index contributed by atoms with van der Waals surface area (Å²) in [5.74, 6) is 0.321. The van der Waals surface area contributed by atoms with Crippen molar-refractivity contribution in [3.05, 3.63) is 64.7 Å². The predicted octanol–water partition coefficient (Wildman–Crippen LogP) is 5.23. The highest BCUT2D eigenvalue weighted by atomic mass is 35.5. The van der Waals surface area contributed by atoms with E-state index >= 15 is 0 Å². The summed E-state index contributed by atoms with van der Waals surface area (Å²) in [7, 11) is 0. The van der Waals surface area contributed by atoms with Crippen LogP contribution in [0, 0.1) is 0 Å². The zero-order valence-electron chi connectivity index (χ0n) is 11.8. The second-order valence-electron chi connectivity index (χ2n) is 4.98. The fraction of sp³-hybridized carbons (Fsp3) is 0.0588. The quantitative estimate of drug-likeness (QED) is 0.603. The summed E-state index contributed by atoms with van der Waals surface area (Å²) in [5.41, 5.74) is 2.48. The van der Waals surface area contributed by atoms with Crippen molar-refractivity contribution < 1.29 is 4.79 Å². The first kappa shape index (κ1) is 14.8. The van der Waals surface area contributed by atoms with E-state index in [1.807, 2.05) is 30.3 Å². The van der Waals surface area contributed by atoms with Crippen LogP contribution in [-0.4, -0.2) is 15.5 Å². The van der Waals surface area contributed by atoms with E-state index in [2.05, 4.69) is 11.6 Å². The zero-order valence-corrected chi connectivity index (χ0v) is 13.3. The van der Waals surface area contributed by atoms with Crippen molar-refractivity contribution in [3.8, 4) is 11.4 Å². The summed E-state index contributed by atoms with van der Waals surface area (Å²) in [6, 6.07) is 12.8. The average molecular weight is 331 g/mol. The second kappa shape index (κ2) is 5.59. The minimum absolute atomic E-state index is 0.222. The number of carbonyl (C=O) groups excluding carboxylic acids is 1. The molecule has 2 aromatic carbocycles. The molecular weight excluding hydrogens is 319 g/mol. The van der Waals surface area contributed by atoms with Crippen LogP contribution in [0.25, 0.3) is 22.4 Å². The van der Waals surface area contributed by atoms with Crippen LogP contribution in [-0.2, 0) is 0 Å². The van der Waals surface area contributed by atoms with Gasteiger partial charge in [0.25, 0.3) is 5.91 Å². The molecule has 0 bridgehead atoms. The number of allylic oxidation sites excluding steroid dienone is 1. The Bertz CT molecular complexity index is 898. The number of nitrogens with zero attached hydrogens (tertiary/aromatic N) is 2. The van der Waals surface area contributed by atoms with Gasteiger partial charge in [-0.3, -0.25) is 9.36 Å². The number of hydrogen-bond acceptors (Lipinski definition) is 2. The van der Waals surface area contributed by atoms with Crippen LogP contribution < -0.4 is 0 Å². The molecule has 0 saturated heterocycles. The van der Waals surface area contributed by atoms with Crippen molar-refractivity contribution in [2.45, 2.75) is 6.92 Å². The van der Waals surface area contributed by atoms with Crippen molar-refractivity contribution in [1.29, 1.82) is 0 Å². The molecular formula is C17H12Cl2N2O. The first-order chi connectivity index (χ1) is 10.5. The number of rotatable bonds is 2. The fourth-order valence-electron chi connectivity index (χ4n) is 2.25. The zero-order chi connectivity index (χ0) is 15.9. The Balaban J connectivity index is 2.38. The van der Waals surface area contributed by atoms with Gasteiger partial charge in [-0.25, -0.2) is 4.98 Å². The second-order valence-corrected chi connectivity index (χ2v) is 5.79. The molecule has 0 saturated carbocycles. The van der Waals surface area contributed by atoms with E-state index in [4.69, 9.17) is 23.2 Å². The van der Waals surface area contributed by atoms with Crippen LogP contribution in [0.15, 0.2) is 54.6 Å². The van der Waals surface area contributed by atoms with Crippen molar-refractivity contribution in [2.75, 3.05) is 0 Å². The van der Waals surface area contributed by atoms with Crippen molar-refractivity contribution in [2.24, 2.45) is 0 Å². The summed E-state index contributed by atoms with van der Waals surface area (Å²) in [6.45, 7) is 5.40. The number of aromatic nitrogens is 2. The van der Waals surface area contributed by atoms with Crippen LogP contribution >= 0.6 is 23.2 Å². The van der Waals surface area contributed by atoms with E-state index in [0.29, 0.717) is 32.5 Å². The molecule has 0 unspecified atom stereocenters. The highest BCUT2D eigenvalue weighted by molar-refractivity contribution is 6.42. The molecule has 0 atom stereocenters. The molecule has 22 heavy (non-hydrogen) atoms. The topological polar surface area (TPSA) is 34.9 Å². The van der Waals surface area contributed by atoms with Gasteiger partial charge < -0.3 is 0 Å². The maximum atomic E-state index is 12.6. The Morgan fingerprint density at radius 1 is 1.14 bits per heavy atom. The van der Waals surface area contributed by atoms with E-state index in [9.17, 15) is 4.79 Å². The molecule has 0 aliphatic carbocycles. The van der Waals surface area contributed by atoms with E-state index in [1.165, 1.54) is 4.57 Å². The van der Waals surface area contributed by atoms with Gasteiger partial charge in [-0.1, -0.05) is 60.1 Å². The molecule has 0 aliphatic heterocycles. The lowest BCUT2D eigenvalue weighted by Crippen LogP contribution is -2.12. The number of hydrogen-bond donors (Lipinski definition) is 0. The monoisotopic (exact) mass is 330 g/mol. The predicted molar refractivity (Wildman–Crippen MR) is 90.6 cm³/mol. The molecule has 3 aromatic rings. The molecule has 0 radical (unpaired) electrons. The molecule has 3 rings (SSSR count). The maximum absolute atomic E-state index is 12.6. The number of carbonyl (C=O) groups is 1. The molecule has 110 valence electrons. The first-order valence-electron chi connectivity index (χ1n) is 6.62. The number of benzene rings is 2. The van der Waals surface area contributed by atoms with Crippen LogP contribution in [0.3, 0.4) is 0 Å². The van der Waals surface area contributed by atoms with Crippen LogP contribution in [0.4, 0.5) is 0 Å². The van der Waals surface area contributed by atoms with E-state index in [0.717, 1.165) is 5.56 Å². The van der Waals surface area contributed by atoms with Crippen LogP contribution in [0.1, 0.15) is 11.7 Å². The first-order valence-corrected chi connectivity index (χ1v) is 7.37. The lowest BCUT2D eigenvalue weighted by atomic mass is 10.2. The Morgan fingerprint density at radius 2 is 1.77 bits per heavy atom. The molecule has 0 amide bonds. The maximum Gasteiger partial charge on any atom is 0.259 e. The Kier molecular flexibility index (Phi) is 3.77. The average Bonchev–Trinajstić information content (AvgIpc) is 2.86. The van der Waals surface area contributed by atoms with Crippen molar-refractivity contribution in [1.82, 2.24) is 9.55 Å². The lowest BCUT2D eigenvalue weighted by molar-refractivity contribution is 0.0962. The lowest BCUT2D eigenvalue weighted by Gasteiger charge is -2.08. The SMILES string of the molecule is C=C(C)C(=O)n1c(-c2ccccc2)nc2cc(Cl)c(Cl)cc21. The van der Waals surface area contributed by atoms with E-state index in [-0.39, 0.29) is 5.91 Å². The number of halogens is 2. The number of imidazole rings is 1. The number of fused-ring (bicyclic) bond motifs is 1. The van der Waals surface area contributed by atoms with Gasteiger partial charge >= 0.3 is 0 Å². The van der Waals surface area contributed by atoms with Gasteiger partial charge in [-0.15, -0.1) is 0 Å². The van der Waals surface area contributed by atoms with E-state index in [1.54, 1.807) is 19.1 Å². The molecule has 5 heteroatoms. The molecule has 1 heterocycles. The normalized spacial score (nSPS) is 10.9. The van der Waals surface area contributed by atoms with Gasteiger partial charge in [0.2, 0.25) is 0 Å². The third-order valence-corrected chi connectivity index (χ3v) is 4.02. The van der Waals surface area contributed by atoms with Gasteiger partial charge in [0, 0.05) is 11.1 Å². The minimum atomic E-state index is -0.222. The fourth-order valence-corrected chi connectivity index (χ4v) is 2.57. The molecule has 3 nitrogen and oxygen atoms in total. The van der Waals surface area contributed by atoms with Gasteiger partial charge in [0.05, 0.1) is 21.1 Å². The minimum Gasteiger partial charge on any atom is -0.269 e. The third kappa shape index (κ3) is 2.43. The van der Waals surface area contributed by atoms with Gasteiger partial charge in [-0.05, 0) is 19.1 Å². The summed E-state index contributed by atoms with van der Waals surface area (Å²) in [5, 5.41) is 0.783. The van der Waals surface area contributed by atoms with Crippen molar-refractivity contribution in [3.63, 3.8) is 0 Å².